The third-order valence-corrected chi connectivity index (χ3v) is 10.5. The molecule has 248 valence electrons. The lowest BCUT2D eigenvalue weighted by molar-refractivity contribution is -0.133. The van der Waals surface area contributed by atoms with Crippen LogP contribution in [0.5, 0.6) is 11.5 Å². The van der Waals surface area contributed by atoms with Crippen molar-refractivity contribution in [2.45, 2.75) is 48.9 Å². The van der Waals surface area contributed by atoms with Gasteiger partial charge in [-0.05, 0) is 86.2 Å². The van der Waals surface area contributed by atoms with Crippen LogP contribution in [-0.4, -0.2) is 61.4 Å². The number of aromatic nitrogens is 1. The van der Waals surface area contributed by atoms with Crippen molar-refractivity contribution in [2.75, 3.05) is 37.1 Å². The number of methoxy groups -OCH3 is 2. The molecule has 1 aliphatic heterocycles. The minimum absolute atomic E-state index is 0.00401. The molecular formula is C33H36FN5O7S. The zero-order valence-corrected chi connectivity index (χ0v) is 27.1. The minimum Gasteiger partial charge on any atom is -0.493 e. The number of nitrogen functional groups attached to an aromatic ring is 1. The van der Waals surface area contributed by atoms with Crippen molar-refractivity contribution in [2.24, 2.45) is 0 Å². The molecule has 1 aliphatic rings. The Labute approximate surface area is 271 Å². The van der Waals surface area contributed by atoms with Crippen LogP contribution in [0.4, 0.5) is 26.4 Å². The van der Waals surface area contributed by atoms with E-state index in [2.05, 4.69) is 15.6 Å². The molecule has 1 saturated heterocycles. The van der Waals surface area contributed by atoms with E-state index in [9.17, 15) is 23.1 Å². The molecule has 0 saturated carbocycles. The second kappa shape index (κ2) is 13.3. The van der Waals surface area contributed by atoms with Gasteiger partial charge in [0.2, 0.25) is 5.91 Å². The lowest BCUT2D eigenvalue weighted by atomic mass is 10.00. The van der Waals surface area contributed by atoms with Crippen molar-refractivity contribution >= 4 is 49.8 Å². The van der Waals surface area contributed by atoms with Crippen molar-refractivity contribution in [1.82, 2.24) is 9.88 Å². The predicted molar refractivity (Wildman–Crippen MR) is 176 cm³/mol. The molecule has 0 unspecified atom stereocenters. The fourth-order valence-corrected chi connectivity index (χ4v) is 7.15. The molecule has 14 heteroatoms. The standard InChI is InChI=1S/C33H36FN5O7S/c1-18(2)47(43,44)29-10-8-21(38-33(41)42)15-24(29)26-6-5-13-39(26)32(40)30(23-16-27(45-3)28(46-4)17-25(23)34)37-20-7-9-22-19(14-20)11-12-36-31(22)35/h7-12,14-18,26,30,37-38H,5-6,13H2,1-4H3,(H2,35,36)(H,41,42)/t26-,30-/m1/s1. The van der Waals surface area contributed by atoms with E-state index in [0.29, 0.717) is 29.7 Å². The number of carbonyl (C=O) groups excluding carboxylic acids is 1. The summed E-state index contributed by atoms with van der Waals surface area (Å²) in [6.45, 7) is 3.34. The molecule has 2 amide bonds. The normalized spacial score (nSPS) is 15.4. The molecular weight excluding hydrogens is 629 g/mol. The number of sulfone groups is 1. The highest BCUT2D eigenvalue weighted by Gasteiger charge is 2.39. The summed E-state index contributed by atoms with van der Waals surface area (Å²) >= 11 is 0. The molecule has 2 heterocycles. The van der Waals surface area contributed by atoms with E-state index >= 15 is 4.39 Å². The number of carboxylic acid groups (broad SMARTS) is 1. The molecule has 0 radical (unpaired) electrons. The number of nitrogens with two attached hydrogens (primary N) is 1. The summed E-state index contributed by atoms with van der Waals surface area (Å²) in [6.07, 6.45) is 1.16. The predicted octanol–water partition coefficient (Wildman–Crippen LogP) is 5.76. The van der Waals surface area contributed by atoms with Gasteiger partial charge in [0.25, 0.3) is 0 Å². The number of nitrogens with zero attached hydrogens (tertiary/aromatic N) is 2. The van der Waals surface area contributed by atoms with Crippen LogP contribution in [0.3, 0.4) is 0 Å². The molecule has 5 N–H and O–H groups in total. The number of nitrogens with one attached hydrogen (secondary N) is 2. The highest BCUT2D eigenvalue weighted by Crippen LogP contribution is 2.41. The molecule has 1 aromatic heterocycles. The first kappa shape index (κ1) is 33.3. The number of hydrogen-bond acceptors (Lipinski definition) is 9. The van der Waals surface area contributed by atoms with Gasteiger partial charge in [-0.3, -0.25) is 10.1 Å². The number of fused-ring (bicyclic) bond motifs is 1. The Bertz CT molecular complexity index is 1950. The van der Waals surface area contributed by atoms with Gasteiger partial charge in [0, 0.05) is 41.1 Å². The van der Waals surface area contributed by atoms with Crippen LogP contribution in [-0.2, 0) is 14.6 Å². The van der Waals surface area contributed by atoms with E-state index in [1.165, 1.54) is 43.4 Å². The lowest BCUT2D eigenvalue weighted by Gasteiger charge is -2.32. The number of rotatable bonds is 10. The SMILES string of the molecule is COc1cc(F)c([C@@H](Nc2ccc3c(N)nccc3c2)C(=O)N2CCC[C@@H]2c2cc(NC(=O)O)ccc2S(=O)(=O)C(C)C)cc1OC. The largest absolute Gasteiger partial charge is 0.493 e. The van der Waals surface area contributed by atoms with Crippen LogP contribution >= 0.6 is 0 Å². The number of ether oxygens (including phenoxy) is 2. The van der Waals surface area contributed by atoms with Crippen LogP contribution in [0.1, 0.15) is 49.9 Å². The summed E-state index contributed by atoms with van der Waals surface area (Å²) in [4.78, 5) is 31.7. The first-order valence-corrected chi connectivity index (χ1v) is 16.4. The number of amides is 2. The van der Waals surface area contributed by atoms with Gasteiger partial charge in [-0.15, -0.1) is 0 Å². The maximum absolute atomic E-state index is 15.8. The Morgan fingerprint density at radius 2 is 1.74 bits per heavy atom. The Kier molecular flexibility index (Phi) is 9.43. The molecule has 12 nitrogen and oxygen atoms in total. The Morgan fingerprint density at radius 1 is 1.04 bits per heavy atom. The monoisotopic (exact) mass is 665 g/mol. The first-order chi connectivity index (χ1) is 22.3. The Hall–Kier alpha value is -5.11. The number of likely N-dealkylation sites (tertiary alicyclic amines) is 1. The maximum Gasteiger partial charge on any atom is 0.409 e. The van der Waals surface area contributed by atoms with Gasteiger partial charge in [-0.1, -0.05) is 0 Å². The Morgan fingerprint density at radius 3 is 2.43 bits per heavy atom. The highest BCUT2D eigenvalue weighted by molar-refractivity contribution is 7.92. The summed E-state index contributed by atoms with van der Waals surface area (Å²) in [6, 6.07) is 11.6. The van der Waals surface area contributed by atoms with E-state index in [0.717, 1.165) is 11.5 Å². The van der Waals surface area contributed by atoms with Crippen molar-refractivity contribution < 1.29 is 37.0 Å². The molecule has 5 rings (SSSR count). The van der Waals surface area contributed by atoms with E-state index < -0.39 is 45.0 Å². The second-order valence-electron chi connectivity index (χ2n) is 11.4. The van der Waals surface area contributed by atoms with Gasteiger partial charge in [0.15, 0.2) is 21.3 Å². The Balaban J connectivity index is 1.63. The van der Waals surface area contributed by atoms with Gasteiger partial charge < -0.3 is 30.5 Å². The fourth-order valence-electron chi connectivity index (χ4n) is 5.86. The van der Waals surface area contributed by atoms with Crippen molar-refractivity contribution in [3.05, 3.63) is 77.7 Å². The smallest absolute Gasteiger partial charge is 0.409 e. The lowest BCUT2D eigenvalue weighted by Crippen LogP contribution is -2.38. The van der Waals surface area contributed by atoms with E-state index in [4.69, 9.17) is 15.2 Å². The summed E-state index contributed by atoms with van der Waals surface area (Å²) in [7, 11) is -1.07. The maximum atomic E-state index is 15.8. The molecule has 0 aliphatic carbocycles. The van der Waals surface area contributed by atoms with Crippen molar-refractivity contribution in [3.63, 3.8) is 0 Å². The molecule has 1 fully saturated rings. The topological polar surface area (TPSA) is 173 Å². The zero-order chi connectivity index (χ0) is 34.0. The summed E-state index contributed by atoms with van der Waals surface area (Å²) in [5, 5.41) is 15.5. The summed E-state index contributed by atoms with van der Waals surface area (Å²) in [5.74, 6) is -0.582. The molecule has 4 aromatic rings. The van der Waals surface area contributed by atoms with E-state index in [1.807, 2.05) is 0 Å². The summed E-state index contributed by atoms with van der Waals surface area (Å²) < 4.78 is 53.5. The van der Waals surface area contributed by atoms with Gasteiger partial charge >= 0.3 is 6.09 Å². The number of halogens is 1. The molecule has 3 aromatic carbocycles. The van der Waals surface area contributed by atoms with Gasteiger partial charge in [-0.2, -0.15) is 0 Å². The minimum atomic E-state index is -3.84. The summed E-state index contributed by atoms with van der Waals surface area (Å²) in [5.41, 5.74) is 6.92. The first-order valence-electron chi connectivity index (χ1n) is 14.9. The number of benzene rings is 3. The molecule has 0 bridgehead atoms. The van der Waals surface area contributed by atoms with Gasteiger partial charge in [0.1, 0.15) is 17.7 Å². The van der Waals surface area contributed by atoms with Crippen LogP contribution in [0.25, 0.3) is 10.8 Å². The number of hydrogen-bond donors (Lipinski definition) is 4. The van der Waals surface area contributed by atoms with Crippen molar-refractivity contribution in [3.8, 4) is 11.5 Å². The average Bonchev–Trinajstić information content (AvgIpc) is 3.53. The molecule has 47 heavy (non-hydrogen) atoms. The molecule has 0 spiro atoms. The van der Waals surface area contributed by atoms with Gasteiger partial charge in [0.05, 0.1) is 30.4 Å². The van der Waals surface area contributed by atoms with Gasteiger partial charge in [-0.25, -0.2) is 22.6 Å². The van der Waals surface area contributed by atoms with Crippen molar-refractivity contribution in [1.29, 1.82) is 0 Å². The molecule has 2 atom stereocenters. The van der Waals surface area contributed by atoms with Crippen LogP contribution in [0, 0.1) is 5.82 Å². The number of anilines is 3. The fraction of sp³-hybridized carbons (Fsp3) is 0.303. The van der Waals surface area contributed by atoms with Crippen LogP contribution < -0.4 is 25.8 Å². The highest BCUT2D eigenvalue weighted by atomic mass is 32.2. The third kappa shape index (κ3) is 6.59. The number of pyridine rings is 1. The third-order valence-electron chi connectivity index (χ3n) is 8.25. The second-order valence-corrected chi connectivity index (χ2v) is 13.9. The van der Waals surface area contributed by atoms with E-state index in [-0.39, 0.29) is 39.8 Å². The van der Waals surface area contributed by atoms with Crippen LogP contribution in [0.15, 0.2) is 65.7 Å². The zero-order valence-electron chi connectivity index (χ0n) is 26.3. The average molecular weight is 666 g/mol. The van der Waals surface area contributed by atoms with Crippen LogP contribution in [0.2, 0.25) is 0 Å². The van der Waals surface area contributed by atoms with E-state index in [1.54, 1.807) is 44.3 Å². The number of carbonyl (C=O) groups is 2. The quantitative estimate of drug-likeness (QED) is 0.163.